The lowest BCUT2D eigenvalue weighted by Gasteiger charge is -2.35. The van der Waals surface area contributed by atoms with Gasteiger partial charge < -0.3 is 14.1 Å². The molecule has 0 N–H and O–H groups in total. The number of ether oxygens (including phenoxy) is 1. The number of hydrogen-bond acceptors (Lipinski definition) is 7. The maximum absolute atomic E-state index is 12.6. The Morgan fingerprint density at radius 1 is 1.28 bits per heavy atom. The van der Waals surface area contributed by atoms with Crippen LogP contribution in [-0.2, 0) is 11.4 Å². The number of rotatable bonds is 7. The van der Waals surface area contributed by atoms with Gasteiger partial charge in [-0.15, -0.1) is 10.2 Å². The summed E-state index contributed by atoms with van der Waals surface area (Å²) in [4.78, 5) is 18.9. The maximum Gasteiger partial charge on any atom is 0.277 e. The molecule has 1 aromatic carbocycles. The van der Waals surface area contributed by atoms with Crippen LogP contribution in [0.5, 0.6) is 5.75 Å². The molecule has 8 heteroatoms. The third kappa shape index (κ3) is 4.70. The number of aromatic nitrogens is 3. The number of thioether (sulfide) groups is 1. The average Bonchev–Trinajstić information content (AvgIpc) is 3.23. The van der Waals surface area contributed by atoms with E-state index in [9.17, 15) is 4.79 Å². The van der Waals surface area contributed by atoms with E-state index in [-0.39, 0.29) is 12.5 Å². The first-order valence-electron chi connectivity index (χ1n) is 9.96. The van der Waals surface area contributed by atoms with Crippen LogP contribution in [0.1, 0.15) is 38.5 Å². The van der Waals surface area contributed by atoms with Gasteiger partial charge in [0.25, 0.3) is 11.1 Å². The van der Waals surface area contributed by atoms with Crippen molar-refractivity contribution in [2.24, 2.45) is 0 Å². The number of para-hydroxylation sites is 1. The van der Waals surface area contributed by atoms with Crippen molar-refractivity contribution >= 4 is 28.6 Å². The van der Waals surface area contributed by atoms with Crippen molar-refractivity contribution in [3.05, 3.63) is 42.4 Å². The SMILES string of the molecule is CC[C@H]1CCCCN1C(=O)CSc1nnc(COc2cccc3cccnc23)o1. The molecule has 0 saturated carbocycles. The monoisotopic (exact) mass is 412 g/mol. The lowest BCUT2D eigenvalue weighted by molar-refractivity contribution is -0.132. The highest BCUT2D eigenvalue weighted by molar-refractivity contribution is 7.99. The second-order valence-corrected chi connectivity index (χ2v) is 7.94. The number of nitrogens with zero attached hydrogens (tertiary/aromatic N) is 4. The zero-order valence-electron chi connectivity index (χ0n) is 16.4. The minimum Gasteiger partial charge on any atom is -0.482 e. The smallest absolute Gasteiger partial charge is 0.277 e. The molecule has 0 unspecified atom stereocenters. The summed E-state index contributed by atoms with van der Waals surface area (Å²) in [6.07, 6.45) is 6.12. The molecule has 0 spiro atoms. The number of carbonyl (C=O) groups is 1. The van der Waals surface area contributed by atoms with Gasteiger partial charge in [0.2, 0.25) is 5.91 Å². The quantitative estimate of drug-likeness (QED) is 0.541. The van der Waals surface area contributed by atoms with Crippen molar-refractivity contribution in [3.8, 4) is 5.75 Å². The fraction of sp³-hybridized carbons (Fsp3) is 0.429. The first kappa shape index (κ1) is 19.7. The first-order valence-corrected chi connectivity index (χ1v) is 10.9. The number of amides is 1. The molecule has 2 aromatic heterocycles. The zero-order valence-corrected chi connectivity index (χ0v) is 17.2. The number of fused-ring (bicyclic) bond motifs is 1. The van der Waals surface area contributed by atoms with Gasteiger partial charge in [-0.25, -0.2) is 0 Å². The van der Waals surface area contributed by atoms with Crippen LogP contribution in [0.3, 0.4) is 0 Å². The lowest BCUT2D eigenvalue weighted by atomic mass is 10.0. The van der Waals surface area contributed by atoms with Crippen LogP contribution in [-0.4, -0.2) is 44.3 Å². The molecule has 3 aromatic rings. The fourth-order valence-corrected chi connectivity index (χ4v) is 4.31. The first-order chi connectivity index (χ1) is 14.2. The molecule has 0 radical (unpaired) electrons. The van der Waals surface area contributed by atoms with E-state index in [1.165, 1.54) is 18.2 Å². The van der Waals surface area contributed by atoms with Gasteiger partial charge in [-0.1, -0.05) is 36.9 Å². The summed E-state index contributed by atoms with van der Waals surface area (Å²) in [5.74, 6) is 1.49. The van der Waals surface area contributed by atoms with Crippen LogP contribution < -0.4 is 4.74 Å². The molecular formula is C21H24N4O3S. The van der Waals surface area contributed by atoms with Gasteiger partial charge in [-0.05, 0) is 37.8 Å². The topological polar surface area (TPSA) is 81.4 Å². The summed E-state index contributed by atoms with van der Waals surface area (Å²) < 4.78 is 11.5. The molecule has 152 valence electrons. The van der Waals surface area contributed by atoms with Crippen molar-refractivity contribution < 1.29 is 13.9 Å². The number of piperidine rings is 1. The van der Waals surface area contributed by atoms with E-state index in [1.54, 1.807) is 6.20 Å². The molecule has 1 aliphatic heterocycles. The molecule has 0 aliphatic carbocycles. The Balaban J connectivity index is 1.32. The summed E-state index contributed by atoms with van der Waals surface area (Å²) in [6.45, 7) is 3.14. The van der Waals surface area contributed by atoms with Gasteiger partial charge >= 0.3 is 0 Å². The highest BCUT2D eigenvalue weighted by Crippen LogP contribution is 2.25. The predicted octanol–water partition coefficient (Wildman–Crippen LogP) is 4.08. The normalized spacial score (nSPS) is 16.9. The van der Waals surface area contributed by atoms with Gasteiger partial charge in [0, 0.05) is 24.2 Å². The predicted molar refractivity (Wildman–Crippen MR) is 111 cm³/mol. The number of pyridine rings is 1. The highest BCUT2D eigenvalue weighted by Gasteiger charge is 2.25. The largest absolute Gasteiger partial charge is 0.482 e. The van der Waals surface area contributed by atoms with Crippen LogP contribution in [0.25, 0.3) is 10.9 Å². The maximum atomic E-state index is 12.6. The zero-order chi connectivity index (χ0) is 20.1. The van der Waals surface area contributed by atoms with Gasteiger partial charge in [-0.2, -0.15) is 0 Å². The number of carbonyl (C=O) groups excluding carboxylic acids is 1. The Labute approximate surface area is 173 Å². The molecule has 29 heavy (non-hydrogen) atoms. The minimum atomic E-state index is 0.138. The van der Waals surface area contributed by atoms with E-state index < -0.39 is 0 Å². The molecule has 1 amide bonds. The third-order valence-electron chi connectivity index (χ3n) is 5.13. The van der Waals surface area contributed by atoms with E-state index in [1.807, 2.05) is 35.2 Å². The van der Waals surface area contributed by atoms with Crippen molar-refractivity contribution in [2.45, 2.75) is 50.5 Å². The fourth-order valence-electron chi connectivity index (χ4n) is 3.65. The summed E-state index contributed by atoms with van der Waals surface area (Å²) in [5, 5.41) is 9.45. The highest BCUT2D eigenvalue weighted by atomic mass is 32.2. The van der Waals surface area contributed by atoms with Crippen molar-refractivity contribution in [2.75, 3.05) is 12.3 Å². The second-order valence-electron chi connectivity index (χ2n) is 7.02. The Kier molecular flexibility index (Phi) is 6.29. The summed E-state index contributed by atoms with van der Waals surface area (Å²) in [7, 11) is 0. The van der Waals surface area contributed by atoms with E-state index in [0.29, 0.717) is 28.7 Å². The third-order valence-corrected chi connectivity index (χ3v) is 5.94. The van der Waals surface area contributed by atoms with Crippen LogP contribution in [0.2, 0.25) is 0 Å². The molecule has 7 nitrogen and oxygen atoms in total. The average molecular weight is 413 g/mol. The molecule has 1 atom stereocenters. The molecule has 1 saturated heterocycles. The lowest BCUT2D eigenvalue weighted by Crippen LogP contribution is -2.44. The van der Waals surface area contributed by atoms with E-state index >= 15 is 0 Å². The standard InChI is InChI=1S/C21H24N4O3S/c1-2-16-9-3-4-12-25(16)19(26)14-29-21-24-23-18(28-21)13-27-17-10-5-7-15-8-6-11-22-20(15)17/h5-8,10-11,16H,2-4,9,12-14H2,1H3/t16-/m0/s1. The van der Waals surface area contributed by atoms with Gasteiger partial charge in [0.15, 0.2) is 6.61 Å². The van der Waals surface area contributed by atoms with Gasteiger partial charge in [-0.3, -0.25) is 9.78 Å². The van der Waals surface area contributed by atoms with Crippen molar-refractivity contribution in [3.63, 3.8) is 0 Å². The molecule has 0 bridgehead atoms. The van der Waals surface area contributed by atoms with E-state index in [2.05, 4.69) is 22.1 Å². The van der Waals surface area contributed by atoms with Crippen LogP contribution in [0.4, 0.5) is 0 Å². The molecular weight excluding hydrogens is 388 g/mol. The Morgan fingerprint density at radius 2 is 2.17 bits per heavy atom. The molecule has 1 fully saturated rings. The van der Waals surface area contributed by atoms with Crippen LogP contribution in [0, 0.1) is 0 Å². The Hall–Kier alpha value is -2.61. The van der Waals surface area contributed by atoms with Gasteiger partial charge in [0.05, 0.1) is 5.75 Å². The molecule has 4 rings (SSSR count). The molecule has 1 aliphatic rings. The molecule has 3 heterocycles. The number of hydrogen-bond donors (Lipinski definition) is 0. The van der Waals surface area contributed by atoms with Gasteiger partial charge in [0.1, 0.15) is 11.3 Å². The number of likely N-dealkylation sites (tertiary alicyclic amines) is 1. The van der Waals surface area contributed by atoms with Crippen LogP contribution >= 0.6 is 11.8 Å². The summed E-state index contributed by atoms with van der Waals surface area (Å²) in [6, 6.07) is 10.0. The van der Waals surface area contributed by atoms with Crippen LogP contribution in [0.15, 0.2) is 46.2 Å². The van der Waals surface area contributed by atoms with Crippen molar-refractivity contribution in [1.29, 1.82) is 0 Å². The van der Waals surface area contributed by atoms with E-state index in [4.69, 9.17) is 9.15 Å². The van der Waals surface area contributed by atoms with Crippen molar-refractivity contribution in [1.82, 2.24) is 20.1 Å². The Morgan fingerprint density at radius 3 is 3.07 bits per heavy atom. The summed E-state index contributed by atoms with van der Waals surface area (Å²) in [5.41, 5.74) is 0.793. The Bertz CT molecular complexity index is 972. The second kappa shape index (κ2) is 9.26. The summed E-state index contributed by atoms with van der Waals surface area (Å²) >= 11 is 1.28. The minimum absolute atomic E-state index is 0.138. The van der Waals surface area contributed by atoms with E-state index in [0.717, 1.165) is 36.7 Å². The number of benzene rings is 1.